The topological polar surface area (TPSA) is 59.3 Å². The van der Waals surface area contributed by atoms with Gasteiger partial charge in [-0.05, 0) is 49.4 Å². The maximum Gasteiger partial charge on any atom is 0.336 e. The molecule has 1 fully saturated rings. The Balaban J connectivity index is 2.00. The van der Waals surface area contributed by atoms with Crippen molar-refractivity contribution in [3.63, 3.8) is 0 Å². The molecule has 0 saturated heterocycles. The van der Waals surface area contributed by atoms with E-state index in [0.29, 0.717) is 12.1 Å². The van der Waals surface area contributed by atoms with Gasteiger partial charge >= 0.3 is 5.63 Å². The van der Waals surface area contributed by atoms with Gasteiger partial charge in [-0.3, -0.25) is 4.79 Å². The third-order valence-electron chi connectivity index (χ3n) is 3.67. The molecule has 20 heavy (non-hydrogen) atoms. The van der Waals surface area contributed by atoms with Crippen molar-refractivity contribution in [2.24, 2.45) is 5.92 Å². The van der Waals surface area contributed by atoms with Gasteiger partial charge in [-0.2, -0.15) is 0 Å². The monoisotopic (exact) mass is 271 g/mol. The first-order valence-electron chi connectivity index (χ1n) is 6.86. The van der Waals surface area contributed by atoms with Crippen LogP contribution in [0.1, 0.15) is 29.5 Å². The molecule has 1 aliphatic rings. The molecule has 1 aliphatic carbocycles. The summed E-state index contributed by atoms with van der Waals surface area (Å²) in [6, 6.07) is 5.38. The zero-order valence-electron chi connectivity index (χ0n) is 11.7. The molecule has 4 heteroatoms. The Bertz CT molecular complexity index is 741. The van der Waals surface area contributed by atoms with Gasteiger partial charge in [0.15, 0.2) is 0 Å². The molecule has 3 rings (SSSR count). The second-order valence-corrected chi connectivity index (χ2v) is 5.54. The summed E-state index contributed by atoms with van der Waals surface area (Å²) in [5.41, 5.74) is 3.14. The van der Waals surface area contributed by atoms with E-state index in [1.807, 2.05) is 19.9 Å². The first-order chi connectivity index (χ1) is 9.54. The van der Waals surface area contributed by atoms with Crippen molar-refractivity contribution in [2.45, 2.75) is 33.2 Å². The highest BCUT2D eigenvalue weighted by Gasteiger charge is 2.29. The van der Waals surface area contributed by atoms with Crippen molar-refractivity contribution in [1.29, 1.82) is 0 Å². The van der Waals surface area contributed by atoms with E-state index < -0.39 is 0 Å². The summed E-state index contributed by atoms with van der Waals surface area (Å²) in [5, 5.41) is 3.83. The van der Waals surface area contributed by atoms with E-state index in [1.165, 1.54) is 6.07 Å². The summed E-state index contributed by atoms with van der Waals surface area (Å²) in [6.07, 6.45) is 1.95. The fourth-order valence-corrected chi connectivity index (χ4v) is 2.58. The van der Waals surface area contributed by atoms with Crippen LogP contribution in [0.2, 0.25) is 0 Å². The molecule has 0 aliphatic heterocycles. The number of aryl methyl sites for hydroxylation is 2. The summed E-state index contributed by atoms with van der Waals surface area (Å²) in [4.78, 5) is 23.4. The number of hydrogen-bond donors (Lipinski definition) is 1. The molecule has 0 unspecified atom stereocenters. The van der Waals surface area contributed by atoms with Crippen LogP contribution >= 0.6 is 0 Å². The molecule has 0 bridgehead atoms. The van der Waals surface area contributed by atoms with E-state index in [-0.39, 0.29) is 17.5 Å². The van der Waals surface area contributed by atoms with E-state index in [2.05, 4.69) is 11.4 Å². The molecule has 104 valence electrons. The average molecular weight is 271 g/mol. The van der Waals surface area contributed by atoms with Crippen LogP contribution < -0.4 is 10.9 Å². The van der Waals surface area contributed by atoms with Crippen molar-refractivity contribution in [3.05, 3.63) is 45.3 Å². The third kappa shape index (κ3) is 2.46. The number of nitrogens with one attached hydrogen (secondary N) is 1. The fraction of sp³-hybridized carbons (Fsp3) is 0.375. The Morgan fingerprint density at radius 3 is 2.75 bits per heavy atom. The first-order valence-corrected chi connectivity index (χ1v) is 6.86. The van der Waals surface area contributed by atoms with Crippen molar-refractivity contribution in [3.8, 4) is 0 Å². The van der Waals surface area contributed by atoms with E-state index in [0.717, 1.165) is 34.9 Å². The molecule has 1 heterocycles. The number of fused-ring (bicyclic) bond motifs is 1. The minimum Gasteiger partial charge on any atom is -0.423 e. The second-order valence-electron chi connectivity index (χ2n) is 5.54. The van der Waals surface area contributed by atoms with Gasteiger partial charge in [0.25, 0.3) is 0 Å². The Morgan fingerprint density at radius 2 is 2.05 bits per heavy atom. The zero-order chi connectivity index (χ0) is 14.3. The van der Waals surface area contributed by atoms with Gasteiger partial charge in [-0.15, -0.1) is 0 Å². The lowest BCUT2D eigenvalue weighted by molar-refractivity contribution is -0.122. The van der Waals surface area contributed by atoms with Crippen LogP contribution in [0.3, 0.4) is 0 Å². The van der Waals surface area contributed by atoms with Gasteiger partial charge in [0, 0.05) is 23.9 Å². The summed E-state index contributed by atoms with van der Waals surface area (Å²) in [5.74, 6) is 0.251. The molecule has 2 aromatic rings. The van der Waals surface area contributed by atoms with Crippen molar-refractivity contribution in [2.75, 3.05) is 0 Å². The minimum absolute atomic E-state index is 0.0798. The lowest BCUT2D eigenvalue weighted by Crippen LogP contribution is -2.24. The van der Waals surface area contributed by atoms with Crippen molar-refractivity contribution < 1.29 is 9.21 Å². The van der Waals surface area contributed by atoms with Crippen LogP contribution in [0.25, 0.3) is 11.0 Å². The van der Waals surface area contributed by atoms with Gasteiger partial charge in [-0.1, -0.05) is 6.07 Å². The van der Waals surface area contributed by atoms with Crippen LogP contribution in [0.15, 0.2) is 27.4 Å². The Labute approximate surface area is 116 Å². The summed E-state index contributed by atoms with van der Waals surface area (Å²) in [7, 11) is 0. The van der Waals surface area contributed by atoms with Gasteiger partial charge in [-0.25, -0.2) is 4.79 Å². The smallest absolute Gasteiger partial charge is 0.336 e. The maximum atomic E-state index is 11.7. The predicted octanol–water partition coefficient (Wildman–Crippen LogP) is 2.44. The van der Waals surface area contributed by atoms with Crippen LogP contribution in [-0.2, 0) is 11.3 Å². The highest BCUT2D eigenvalue weighted by atomic mass is 16.4. The Morgan fingerprint density at radius 1 is 1.30 bits per heavy atom. The minimum atomic E-state index is -0.377. The number of benzene rings is 1. The van der Waals surface area contributed by atoms with Crippen LogP contribution in [0.4, 0.5) is 0 Å². The van der Waals surface area contributed by atoms with Gasteiger partial charge in [0.05, 0.1) is 0 Å². The number of hydrogen-bond acceptors (Lipinski definition) is 3. The first kappa shape index (κ1) is 12.9. The van der Waals surface area contributed by atoms with Crippen molar-refractivity contribution >= 4 is 16.9 Å². The number of carbonyl (C=O) groups excluding carboxylic acids is 1. The number of carbonyl (C=O) groups is 1. The predicted molar refractivity (Wildman–Crippen MR) is 76.5 cm³/mol. The summed E-state index contributed by atoms with van der Waals surface area (Å²) < 4.78 is 5.26. The highest BCUT2D eigenvalue weighted by molar-refractivity contribution is 5.85. The van der Waals surface area contributed by atoms with E-state index >= 15 is 0 Å². The SMILES string of the molecule is Cc1cc(C)c2c(CNC(=O)C3CC3)cc(=O)oc2c1. The zero-order valence-corrected chi connectivity index (χ0v) is 11.7. The fourth-order valence-electron chi connectivity index (χ4n) is 2.58. The van der Waals surface area contributed by atoms with Crippen LogP contribution in [0.5, 0.6) is 0 Å². The quantitative estimate of drug-likeness (QED) is 0.872. The van der Waals surface area contributed by atoms with E-state index in [1.54, 1.807) is 0 Å². The average Bonchev–Trinajstić information content (AvgIpc) is 3.18. The van der Waals surface area contributed by atoms with E-state index in [4.69, 9.17) is 4.42 Å². The maximum absolute atomic E-state index is 11.7. The molecular weight excluding hydrogens is 254 g/mol. The van der Waals surface area contributed by atoms with Gasteiger partial charge in [0.1, 0.15) is 5.58 Å². The molecule has 1 saturated carbocycles. The molecule has 1 aromatic carbocycles. The molecule has 1 N–H and O–H groups in total. The third-order valence-corrected chi connectivity index (χ3v) is 3.67. The van der Waals surface area contributed by atoms with Crippen LogP contribution in [0, 0.1) is 19.8 Å². The normalized spacial score (nSPS) is 14.5. The largest absolute Gasteiger partial charge is 0.423 e. The Hall–Kier alpha value is -2.10. The highest BCUT2D eigenvalue weighted by Crippen LogP contribution is 2.29. The van der Waals surface area contributed by atoms with Crippen molar-refractivity contribution in [1.82, 2.24) is 5.32 Å². The lowest BCUT2D eigenvalue weighted by atomic mass is 10.0. The Kier molecular flexibility index (Phi) is 3.08. The van der Waals surface area contributed by atoms with E-state index in [9.17, 15) is 9.59 Å². The number of amides is 1. The molecule has 0 spiro atoms. The van der Waals surface area contributed by atoms with Gasteiger partial charge < -0.3 is 9.73 Å². The van der Waals surface area contributed by atoms with Crippen LogP contribution in [-0.4, -0.2) is 5.91 Å². The number of rotatable bonds is 3. The summed E-state index contributed by atoms with van der Waals surface area (Å²) >= 11 is 0. The molecule has 4 nitrogen and oxygen atoms in total. The molecule has 0 atom stereocenters. The summed E-state index contributed by atoms with van der Waals surface area (Å²) in [6.45, 7) is 4.33. The van der Waals surface area contributed by atoms with Gasteiger partial charge in [0.2, 0.25) is 5.91 Å². The standard InChI is InChI=1S/C16H17NO3/c1-9-5-10(2)15-12(7-14(18)20-13(15)6-9)8-17-16(19)11-3-4-11/h5-7,11H,3-4,8H2,1-2H3,(H,17,19). The molecule has 1 amide bonds. The molecule has 1 aromatic heterocycles. The molecular formula is C16H17NO3. The molecule has 0 radical (unpaired) electrons. The second kappa shape index (κ2) is 4.78. The lowest BCUT2D eigenvalue weighted by Gasteiger charge is -2.10.